The van der Waals surface area contributed by atoms with Crippen LogP contribution >= 0.6 is 0 Å². The summed E-state index contributed by atoms with van der Waals surface area (Å²) in [5, 5.41) is 0. The second-order valence-corrected chi connectivity index (χ2v) is 5.15. The van der Waals surface area contributed by atoms with Gasteiger partial charge in [-0.1, -0.05) is 31.5 Å². The first kappa shape index (κ1) is 13.5. The predicted molar refractivity (Wildman–Crippen MR) is 72.7 cm³/mol. The van der Waals surface area contributed by atoms with E-state index in [2.05, 4.69) is 11.8 Å². The summed E-state index contributed by atoms with van der Waals surface area (Å²) >= 11 is 0. The van der Waals surface area contributed by atoms with E-state index in [4.69, 9.17) is 5.73 Å². The van der Waals surface area contributed by atoms with Gasteiger partial charge in [0.05, 0.1) is 0 Å². The van der Waals surface area contributed by atoms with Crippen LogP contribution in [0.5, 0.6) is 0 Å². The first-order valence-corrected chi connectivity index (χ1v) is 6.93. The Morgan fingerprint density at radius 1 is 1.33 bits per heavy atom. The second kappa shape index (κ2) is 6.30. The van der Waals surface area contributed by atoms with Crippen molar-refractivity contribution in [2.45, 2.75) is 38.8 Å². The number of nitrogens with two attached hydrogens (primary N) is 1. The normalized spacial score (nSPS) is 23.8. The molecule has 100 valence electrons. The third-order valence-corrected chi connectivity index (χ3v) is 4.13. The molecule has 1 aromatic carbocycles. The molecular formula is C15H23FN2. The highest BCUT2D eigenvalue weighted by molar-refractivity contribution is 5.17. The molecule has 1 aliphatic carbocycles. The van der Waals surface area contributed by atoms with Crippen molar-refractivity contribution in [1.82, 2.24) is 4.90 Å². The van der Waals surface area contributed by atoms with E-state index in [1.165, 1.54) is 25.3 Å². The Hall–Kier alpha value is -0.930. The van der Waals surface area contributed by atoms with Crippen LogP contribution in [0.2, 0.25) is 0 Å². The van der Waals surface area contributed by atoms with Crippen LogP contribution in [0.4, 0.5) is 4.39 Å². The highest BCUT2D eigenvalue weighted by Gasteiger charge is 2.30. The van der Waals surface area contributed by atoms with Crippen LogP contribution in [0.15, 0.2) is 24.3 Å². The zero-order valence-corrected chi connectivity index (χ0v) is 11.1. The summed E-state index contributed by atoms with van der Waals surface area (Å²) in [4.78, 5) is 2.38. The van der Waals surface area contributed by atoms with Crippen molar-refractivity contribution in [3.05, 3.63) is 35.6 Å². The van der Waals surface area contributed by atoms with Crippen LogP contribution in [0.3, 0.4) is 0 Å². The van der Waals surface area contributed by atoms with Gasteiger partial charge in [-0.15, -0.1) is 0 Å². The SMILES string of the molecule is CCN(Cc1ccccc1F)C1CCCC1CN. The number of rotatable bonds is 5. The molecule has 18 heavy (non-hydrogen) atoms. The molecule has 0 radical (unpaired) electrons. The minimum absolute atomic E-state index is 0.0988. The van der Waals surface area contributed by atoms with Crippen molar-refractivity contribution >= 4 is 0 Å². The van der Waals surface area contributed by atoms with E-state index in [1.54, 1.807) is 6.07 Å². The lowest BCUT2D eigenvalue weighted by atomic mass is 10.0. The molecule has 3 heteroatoms. The maximum atomic E-state index is 13.7. The smallest absolute Gasteiger partial charge is 0.127 e. The summed E-state index contributed by atoms with van der Waals surface area (Å²) in [5.74, 6) is 0.481. The third kappa shape index (κ3) is 2.90. The lowest BCUT2D eigenvalue weighted by Gasteiger charge is -2.31. The highest BCUT2D eigenvalue weighted by atomic mass is 19.1. The van der Waals surface area contributed by atoms with E-state index in [0.29, 0.717) is 18.5 Å². The monoisotopic (exact) mass is 250 g/mol. The van der Waals surface area contributed by atoms with Crippen LogP contribution in [0.25, 0.3) is 0 Å². The van der Waals surface area contributed by atoms with Crippen molar-refractivity contribution in [1.29, 1.82) is 0 Å². The van der Waals surface area contributed by atoms with Crippen molar-refractivity contribution in [2.75, 3.05) is 13.1 Å². The molecule has 0 heterocycles. The van der Waals surface area contributed by atoms with E-state index in [1.807, 2.05) is 12.1 Å². The standard InChI is InChI=1S/C15H23FN2/c1-2-18(15-9-5-7-12(15)10-17)11-13-6-3-4-8-14(13)16/h3-4,6,8,12,15H,2,5,7,9-11,17H2,1H3. The lowest BCUT2D eigenvalue weighted by Crippen LogP contribution is -2.39. The van der Waals surface area contributed by atoms with Gasteiger partial charge >= 0.3 is 0 Å². The molecular weight excluding hydrogens is 227 g/mol. The quantitative estimate of drug-likeness (QED) is 0.870. The first-order valence-electron chi connectivity index (χ1n) is 6.93. The Morgan fingerprint density at radius 2 is 2.11 bits per heavy atom. The maximum Gasteiger partial charge on any atom is 0.127 e. The number of hydrogen-bond acceptors (Lipinski definition) is 2. The summed E-state index contributed by atoms with van der Waals surface area (Å²) in [6, 6.07) is 7.59. The number of nitrogens with zero attached hydrogens (tertiary/aromatic N) is 1. The zero-order valence-electron chi connectivity index (χ0n) is 11.1. The Labute approximate surface area is 109 Å². The Kier molecular flexibility index (Phi) is 4.72. The van der Waals surface area contributed by atoms with Crippen LogP contribution in [-0.4, -0.2) is 24.0 Å². The molecule has 0 aromatic heterocycles. The van der Waals surface area contributed by atoms with Gasteiger partial charge in [0, 0.05) is 18.2 Å². The number of halogens is 1. The third-order valence-electron chi connectivity index (χ3n) is 4.13. The van der Waals surface area contributed by atoms with Gasteiger partial charge in [-0.2, -0.15) is 0 Å². The zero-order chi connectivity index (χ0) is 13.0. The molecule has 1 aliphatic rings. The van der Waals surface area contributed by atoms with E-state index in [0.717, 1.165) is 18.7 Å². The summed E-state index contributed by atoms with van der Waals surface area (Å²) in [5.41, 5.74) is 6.63. The summed E-state index contributed by atoms with van der Waals surface area (Å²) in [6.45, 7) is 4.55. The summed E-state index contributed by atoms with van der Waals surface area (Å²) in [7, 11) is 0. The Balaban J connectivity index is 2.07. The molecule has 2 N–H and O–H groups in total. The van der Waals surface area contributed by atoms with Gasteiger partial charge in [-0.25, -0.2) is 4.39 Å². The van der Waals surface area contributed by atoms with E-state index >= 15 is 0 Å². The van der Waals surface area contributed by atoms with Crippen molar-refractivity contribution in [3.63, 3.8) is 0 Å². The average molecular weight is 250 g/mol. The molecule has 2 nitrogen and oxygen atoms in total. The summed E-state index contributed by atoms with van der Waals surface area (Å²) < 4.78 is 13.7. The van der Waals surface area contributed by atoms with Crippen molar-refractivity contribution < 1.29 is 4.39 Å². The van der Waals surface area contributed by atoms with Gasteiger partial charge in [0.2, 0.25) is 0 Å². The first-order chi connectivity index (χ1) is 8.76. The fourth-order valence-electron chi connectivity index (χ4n) is 3.08. The number of benzene rings is 1. The Morgan fingerprint density at radius 3 is 2.78 bits per heavy atom. The van der Waals surface area contributed by atoms with Crippen LogP contribution < -0.4 is 5.73 Å². The molecule has 1 saturated carbocycles. The molecule has 0 amide bonds. The molecule has 0 saturated heterocycles. The molecule has 2 unspecified atom stereocenters. The Bertz CT molecular complexity index is 381. The molecule has 1 fully saturated rings. The van der Waals surface area contributed by atoms with Crippen molar-refractivity contribution in [3.8, 4) is 0 Å². The molecule has 1 aromatic rings. The maximum absolute atomic E-state index is 13.7. The van der Waals surface area contributed by atoms with Gasteiger partial charge in [0.25, 0.3) is 0 Å². The molecule has 0 bridgehead atoms. The lowest BCUT2D eigenvalue weighted by molar-refractivity contribution is 0.160. The van der Waals surface area contributed by atoms with Gasteiger partial charge < -0.3 is 5.73 Å². The number of hydrogen-bond donors (Lipinski definition) is 1. The molecule has 0 aliphatic heterocycles. The minimum atomic E-state index is -0.0988. The van der Waals surface area contributed by atoms with E-state index in [-0.39, 0.29) is 5.82 Å². The van der Waals surface area contributed by atoms with Crippen LogP contribution in [-0.2, 0) is 6.54 Å². The van der Waals surface area contributed by atoms with Gasteiger partial charge in [-0.3, -0.25) is 4.90 Å². The topological polar surface area (TPSA) is 29.3 Å². The van der Waals surface area contributed by atoms with Gasteiger partial charge in [0.1, 0.15) is 5.82 Å². The fraction of sp³-hybridized carbons (Fsp3) is 0.600. The van der Waals surface area contributed by atoms with Crippen LogP contribution in [0.1, 0.15) is 31.7 Å². The highest BCUT2D eigenvalue weighted by Crippen LogP contribution is 2.30. The van der Waals surface area contributed by atoms with Crippen LogP contribution in [0, 0.1) is 11.7 Å². The van der Waals surface area contributed by atoms with Gasteiger partial charge in [-0.05, 0) is 37.9 Å². The predicted octanol–water partition coefficient (Wildman–Crippen LogP) is 2.78. The second-order valence-electron chi connectivity index (χ2n) is 5.15. The fourth-order valence-corrected chi connectivity index (χ4v) is 3.08. The van der Waals surface area contributed by atoms with E-state index < -0.39 is 0 Å². The molecule has 2 atom stereocenters. The van der Waals surface area contributed by atoms with Crippen molar-refractivity contribution in [2.24, 2.45) is 11.7 Å². The largest absolute Gasteiger partial charge is 0.330 e. The average Bonchev–Trinajstić information content (AvgIpc) is 2.86. The van der Waals surface area contributed by atoms with E-state index in [9.17, 15) is 4.39 Å². The minimum Gasteiger partial charge on any atom is -0.330 e. The molecule has 0 spiro atoms. The summed E-state index contributed by atoms with van der Waals surface area (Å²) in [6.07, 6.45) is 3.67. The molecule has 2 rings (SSSR count). The van der Waals surface area contributed by atoms with Gasteiger partial charge in [0.15, 0.2) is 0 Å².